The monoisotopic (exact) mass is 620 g/mol. The van der Waals surface area contributed by atoms with E-state index < -0.39 is 21.1 Å². The van der Waals surface area contributed by atoms with Gasteiger partial charge in [0.15, 0.2) is 0 Å². The van der Waals surface area contributed by atoms with E-state index in [2.05, 4.69) is 0 Å². The Kier molecular flexibility index (Phi) is 12.9. The summed E-state index contributed by atoms with van der Waals surface area (Å²) in [6, 6.07) is 30.0. The predicted octanol–water partition coefficient (Wildman–Crippen LogP) is 7.13. The Labute approximate surface area is 287 Å². The molecule has 0 saturated heterocycles. The summed E-state index contributed by atoms with van der Waals surface area (Å²) in [7, 11) is -8.73. The van der Waals surface area contributed by atoms with Crippen LogP contribution in [0.25, 0.3) is 0 Å². The van der Waals surface area contributed by atoms with Crippen LogP contribution in [0.4, 0.5) is 0 Å². The SMILES string of the molecule is CC(C)(c1ccc(OP(=O)(O)Oc2ccccc2)cc1)c1ccc(OP(=O)(O)Oc2ccccc2)cc1.[Ar].[Ar]. The third kappa shape index (κ3) is 10.1. The van der Waals surface area contributed by atoms with Gasteiger partial charge >= 0.3 is 15.6 Å². The number of hydrogen-bond donors (Lipinski definition) is 2. The van der Waals surface area contributed by atoms with Crippen molar-refractivity contribution < 1.29 is 112 Å². The van der Waals surface area contributed by atoms with Crippen molar-refractivity contribution in [2.45, 2.75) is 19.3 Å². The molecule has 2 unspecified atom stereocenters. The first-order chi connectivity index (χ1) is 17.5. The van der Waals surface area contributed by atoms with Gasteiger partial charge in [0, 0.05) is 80.9 Å². The van der Waals surface area contributed by atoms with Crippen molar-refractivity contribution in [2.24, 2.45) is 0 Å². The molecular weight excluding hydrogens is 594 g/mol. The molecule has 0 aliphatic heterocycles. The first-order valence-electron chi connectivity index (χ1n) is 11.3. The number of hydrogen-bond acceptors (Lipinski definition) is 6. The van der Waals surface area contributed by atoms with Crippen molar-refractivity contribution in [3.8, 4) is 23.0 Å². The van der Waals surface area contributed by atoms with E-state index in [1.807, 2.05) is 13.8 Å². The summed E-state index contributed by atoms with van der Waals surface area (Å²) in [5.41, 5.74) is 1.35. The van der Waals surface area contributed by atoms with Crippen molar-refractivity contribution in [2.75, 3.05) is 0 Å². The fourth-order valence-corrected chi connectivity index (χ4v) is 5.19. The number of benzene rings is 4. The van der Waals surface area contributed by atoms with Gasteiger partial charge in [-0.2, -0.15) is 0 Å². The molecule has 2 N–H and O–H groups in total. The number of phosphoric acid groups is 2. The molecule has 8 nitrogen and oxygen atoms in total. The molecule has 0 bridgehead atoms. The molecule has 0 aromatic heterocycles. The molecule has 0 spiro atoms. The number of para-hydroxylation sites is 2. The van der Waals surface area contributed by atoms with Gasteiger partial charge < -0.3 is 18.1 Å². The fourth-order valence-electron chi connectivity index (χ4n) is 3.56. The molecule has 12 heteroatoms. The maximum Gasteiger partial charge on any atom is 0.584 e. The maximum absolute atomic E-state index is 12.3. The maximum atomic E-state index is 12.3. The van der Waals surface area contributed by atoms with Gasteiger partial charge in [-0.1, -0.05) is 74.5 Å². The van der Waals surface area contributed by atoms with Gasteiger partial charge in [-0.3, -0.25) is 9.79 Å². The second-order valence-electron chi connectivity index (χ2n) is 8.60. The van der Waals surface area contributed by atoms with Crippen LogP contribution in [0.1, 0.15) is 25.0 Å². The van der Waals surface area contributed by atoms with Crippen molar-refractivity contribution in [1.29, 1.82) is 0 Å². The van der Waals surface area contributed by atoms with Gasteiger partial charge in [0.25, 0.3) is 0 Å². The molecule has 0 heterocycles. The zero-order chi connectivity index (χ0) is 26.5. The van der Waals surface area contributed by atoms with E-state index in [1.165, 1.54) is 0 Å². The molecule has 39 heavy (non-hydrogen) atoms. The third-order valence-corrected chi connectivity index (χ3v) is 7.29. The first kappa shape index (κ1) is 34.2. The molecule has 0 saturated carbocycles. The fraction of sp³-hybridized carbons (Fsp3) is 0.111. The van der Waals surface area contributed by atoms with Crippen LogP contribution in [0.5, 0.6) is 23.0 Å². The van der Waals surface area contributed by atoms with Gasteiger partial charge in [0.1, 0.15) is 23.0 Å². The Hall–Kier alpha value is -1.02. The van der Waals surface area contributed by atoms with E-state index in [0.29, 0.717) is 0 Å². The molecule has 0 fully saturated rings. The minimum absolute atomic E-state index is 0. The van der Waals surface area contributed by atoms with Crippen molar-refractivity contribution in [1.82, 2.24) is 0 Å². The molecule has 208 valence electrons. The van der Waals surface area contributed by atoms with Crippen LogP contribution in [-0.2, 0) is 14.5 Å². The van der Waals surface area contributed by atoms with E-state index in [0.717, 1.165) is 11.1 Å². The van der Waals surface area contributed by atoms with Gasteiger partial charge in [-0.05, 0) is 59.7 Å². The summed E-state index contributed by atoms with van der Waals surface area (Å²) in [6.07, 6.45) is 0. The first-order valence-corrected chi connectivity index (χ1v) is 14.3. The summed E-state index contributed by atoms with van der Waals surface area (Å²) >= 11 is 0. The van der Waals surface area contributed by atoms with Crippen molar-refractivity contribution in [3.05, 3.63) is 120 Å². The molecule has 4 aromatic carbocycles. The van der Waals surface area contributed by atoms with E-state index in [-0.39, 0.29) is 98.5 Å². The Bertz CT molecular complexity index is 1310. The normalized spacial score (nSPS) is 13.8. The summed E-state index contributed by atoms with van der Waals surface area (Å²) < 4.78 is 45.2. The Balaban J connectivity index is 0.00000267. The Morgan fingerprint density at radius 3 is 1.03 bits per heavy atom. The quantitative estimate of drug-likeness (QED) is 0.180. The van der Waals surface area contributed by atoms with Crippen LogP contribution in [0, 0.1) is 75.5 Å². The molecule has 2 atom stereocenters. The zero-order valence-electron chi connectivity index (χ0n) is 20.8. The van der Waals surface area contributed by atoms with Crippen LogP contribution < -0.4 is 18.1 Å². The average Bonchev–Trinajstić information content (AvgIpc) is 2.85. The third-order valence-electron chi connectivity index (χ3n) is 5.52. The minimum Gasteiger partial charge on any atom is -0.395 e. The van der Waals surface area contributed by atoms with Crippen molar-refractivity contribution in [3.63, 3.8) is 0 Å². The van der Waals surface area contributed by atoms with Crippen LogP contribution in [0.15, 0.2) is 109 Å². The van der Waals surface area contributed by atoms with Crippen LogP contribution in [-0.4, -0.2) is 9.79 Å². The number of phosphoric ester groups is 2. The summed E-state index contributed by atoms with van der Waals surface area (Å²) in [5, 5.41) is 0. The molecule has 0 aliphatic rings. The van der Waals surface area contributed by atoms with E-state index >= 15 is 0 Å². The second kappa shape index (κ2) is 14.7. The Morgan fingerprint density at radius 2 is 0.744 bits per heavy atom. The van der Waals surface area contributed by atoms with Gasteiger partial charge in [-0.25, -0.2) is 9.13 Å². The van der Waals surface area contributed by atoms with Crippen molar-refractivity contribution >= 4 is 15.6 Å². The summed E-state index contributed by atoms with van der Waals surface area (Å²) in [4.78, 5) is 20.1. The molecule has 0 aliphatic carbocycles. The van der Waals surface area contributed by atoms with Crippen LogP contribution >= 0.6 is 15.6 Å². The second-order valence-corrected chi connectivity index (χ2v) is 11.2. The topological polar surface area (TPSA) is 112 Å². The smallest absolute Gasteiger partial charge is 0.395 e. The Morgan fingerprint density at radius 1 is 0.487 bits per heavy atom. The van der Waals surface area contributed by atoms with Crippen LogP contribution in [0.2, 0.25) is 0 Å². The summed E-state index contributed by atoms with van der Waals surface area (Å²) in [6.45, 7) is 4.01. The minimum atomic E-state index is -4.36. The van der Waals surface area contributed by atoms with Gasteiger partial charge in [-0.15, -0.1) is 0 Å². The number of rotatable bonds is 10. The molecule has 4 aromatic rings. The van der Waals surface area contributed by atoms with Crippen LogP contribution in [0.3, 0.4) is 0 Å². The molecular formula is C27H26Ar2O8P2. The predicted molar refractivity (Wildman–Crippen MR) is 140 cm³/mol. The van der Waals surface area contributed by atoms with E-state index in [9.17, 15) is 18.9 Å². The molecule has 0 radical (unpaired) electrons. The average molecular weight is 620 g/mol. The largest absolute Gasteiger partial charge is 0.584 e. The standard InChI is InChI=1S/C27H26O8P2.2Ar/c1-27(2,21-13-17-25(18-14-21)34-36(28,29)32-23-9-5-3-6-10-23)22-15-19-26(20-16-22)35-37(30,31)33-24-11-7-4-8-12-24;;/h3-20H,1-2H3,(H,28,29)(H,30,31);;. The van der Waals surface area contributed by atoms with Gasteiger partial charge in [0.05, 0.1) is 0 Å². The van der Waals surface area contributed by atoms with E-state index in [1.54, 1.807) is 109 Å². The van der Waals surface area contributed by atoms with E-state index in [4.69, 9.17) is 18.1 Å². The molecule has 0 amide bonds. The summed E-state index contributed by atoms with van der Waals surface area (Å²) in [5.74, 6) is 0.815. The molecule has 4 rings (SSSR count). The zero-order valence-corrected chi connectivity index (χ0v) is 24.0. The van der Waals surface area contributed by atoms with Gasteiger partial charge in [0.2, 0.25) is 0 Å².